The van der Waals surface area contributed by atoms with Crippen molar-refractivity contribution in [2.75, 3.05) is 13.2 Å². The molecule has 0 aliphatic rings. The van der Waals surface area contributed by atoms with E-state index in [4.69, 9.17) is 14.2 Å². The Hall–Kier alpha value is -2.34. The number of hydrogen-bond acceptors (Lipinski definition) is 6. The highest BCUT2D eigenvalue weighted by molar-refractivity contribution is 5.89. The van der Waals surface area contributed by atoms with Gasteiger partial charge in [0, 0.05) is 6.08 Å². The van der Waals surface area contributed by atoms with Crippen molar-refractivity contribution in [3.8, 4) is 5.75 Å². The molecule has 1 unspecified atom stereocenters. The Balaban J connectivity index is 2.30. The van der Waals surface area contributed by atoms with Gasteiger partial charge in [-0.2, -0.15) is 0 Å². The number of aliphatic hydroxyl groups is 1. The molecular formula is C18H24O6. The van der Waals surface area contributed by atoms with Gasteiger partial charge >= 0.3 is 11.9 Å². The highest BCUT2D eigenvalue weighted by atomic mass is 16.6. The third-order valence-electron chi connectivity index (χ3n) is 3.28. The van der Waals surface area contributed by atoms with E-state index < -0.39 is 24.1 Å². The second-order valence-electron chi connectivity index (χ2n) is 5.30. The molecule has 0 saturated heterocycles. The molecular weight excluding hydrogens is 312 g/mol. The molecule has 1 N–H and O–H groups in total. The Bertz CT molecular complexity index is 535. The second-order valence-corrected chi connectivity index (χ2v) is 5.30. The maximum atomic E-state index is 11.9. The predicted octanol–water partition coefficient (Wildman–Crippen LogP) is 2.50. The van der Waals surface area contributed by atoms with E-state index in [-0.39, 0.29) is 0 Å². The fourth-order valence-corrected chi connectivity index (χ4v) is 1.65. The van der Waals surface area contributed by atoms with Gasteiger partial charge in [-0.3, -0.25) is 0 Å². The minimum Gasteiger partial charge on any atom is -0.494 e. The van der Waals surface area contributed by atoms with E-state index in [0.29, 0.717) is 30.9 Å². The first-order chi connectivity index (χ1) is 11.4. The van der Waals surface area contributed by atoms with Gasteiger partial charge in [-0.15, -0.1) is 0 Å². The molecule has 0 bridgehead atoms. The lowest BCUT2D eigenvalue weighted by Gasteiger charge is -2.15. The third-order valence-corrected chi connectivity index (χ3v) is 3.28. The summed E-state index contributed by atoms with van der Waals surface area (Å²) < 4.78 is 15.5. The van der Waals surface area contributed by atoms with Gasteiger partial charge in [-0.05, 0) is 51.0 Å². The first-order valence-corrected chi connectivity index (χ1v) is 7.85. The first kappa shape index (κ1) is 19.7. The van der Waals surface area contributed by atoms with Crippen LogP contribution < -0.4 is 4.74 Å². The van der Waals surface area contributed by atoms with E-state index in [1.165, 1.54) is 0 Å². The zero-order valence-corrected chi connectivity index (χ0v) is 14.1. The molecule has 6 heteroatoms. The molecule has 0 heterocycles. The Labute approximate surface area is 142 Å². The Morgan fingerprint density at radius 1 is 1.17 bits per heavy atom. The van der Waals surface area contributed by atoms with E-state index in [9.17, 15) is 14.7 Å². The number of hydrogen-bond donors (Lipinski definition) is 1. The maximum absolute atomic E-state index is 11.9. The number of carbonyl (C=O) groups is 2. The molecule has 132 valence electrons. The van der Waals surface area contributed by atoms with Crippen LogP contribution in [0.5, 0.6) is 5.75 Å². The number of carbonyl (C=O) groups excluding carboxylic acids is 2. The Kier molecular flexibility index (Phi) is 8.57. The summed E-state index contributed by atoms with van der Waals surface area (Å²) in [7, 11) is 0. The van der Waals surface area contributed by atoms with Gasteiger partial charge < -0.3 is 19.3 Å². The van der Waals surface area contributed by atoms with Gasteiger partial charge in [0.15, 0.2) is 0 Å². The molecule has 1 aromatic rings. The van der Waals surface area contributed by atoms with Gasteiger partial charge in [0.1, 0.15) is 11.9 Å². The van der Waals surface area contributed by atoms with Crippen molar-refractivity contribution in [1.29, 1.82) is 0 Å². The minimum absolute atomic E-state index is 0.334. The number of aliphatic hydroxyl groups excluding tert-OH is 1. The molecule has 24 heavy (non-hydrogen) atoms. The van der Waals surface area contributed by atoms with Crippen LogP contribution in [0.15, 0.2) is 36.9 Å². The van der Waals surface area contributed by atoms with Crippen molar-refractivity contribution in [2.45, 2.75) is 38.9 Å². The molecule has 1 rings (SSSR count). The average Bonchev–Trinajstić information content (AvgIpc) is 2.57. The van der Waals surface area contributed by atoms with Crippen molar-refractivity contribution in [3.63, 3.8) is 0 Å². The number of ether oxygens (including phenoxy) is 3. The highest BCUT2D eigenvalue weighted by Crippen LogP contribution is 2.14. The van der Waals surface area contributed by atoms with Gasteiger partial charge in [-0.1, -0.05) is 6.58 Å². The standard InChI is InChI=1S/C18H24O6/c1-4-17(20)23-12-6-5-11-22-16-9-7-15(8-10-16)18(21)24-14(3)13(2)19/h4,7-10,13-14,19H,1,5-6,11-12H2,2-3H3/t13?,14-/m0/s1. The predicted molar refractivity (Wildman–Crippen MR) is 88.9 cm³/mol. The molecule has 0 amide bonds. The molecule has 6 nitrogen and oxygen atoms in total. The molecule has 0 spiro atoms. The van der Waals surface area contributed by atoms with E-state index >= 15 is 0 Å². The largest absolute Gasteiger partial charge is 0.494 e. The maximum Gasteiger partial charge on any atom is 0.338 e. The summed E-state index contributed by atoms with van der Waals surface area (Å²) in [5.41, 5.74) is 0.395. The summed E-state index contributed by atoms with van der Waals surface area (Å²) in [5.74, 6) is -0.277. The van der Waals surface area contributed by atoms with Crippen molar-refractivity contribution in [2.24, 2.45) is 0 Å². The van der Waals surface area contributed by atoms with Gasteiger partial charge in [0.2, 0.25) is 0 Å². The van der Waals surface area contributed by atoms with E-state index in [1.807, 2.05) is 0 Å². The fourth-order valence-electron chi connectivity index (χ4n) is 1.65. The minimum atomic E-state index is -0.720. The summed E-state index contributed by atoms with van der Waals surface area (Å²) in [4.78, 5) is 22.7. The van der Waals surface area contributed by atoms with Crippen LogP contribution in [0.4, 0.5) is 0 Å². The SMILES string of the molecule is C=CC(=O)OCCCCOc1ccc(C(=O)O[C@@H](C)C(C)O)cc1. The van der Waals surface area contributed by atoms with Gasteiger partial charge in [0.25, 0.3) is 0 Å². The van der Waals surface area contributed by atoms with Crippen molar-refractivity contribution in [1.82, 2.24) is 0 Å². The number of benzene rings is 1. The molecule has 0 fully saturated rings. The number of unbranched alkanes of at least 4 members (excludes halogenated alkanes) is 1. The van der Waals surface area contributed by atoms with Gasteiger partial charge in [-0.25, -0.2) is 9.59 Å². The summed E-state index contributed by atoms with van der Waals surface area (Å²) in [5, 5.41) is 9.33. The fraction of sp³-hybridized carbons (Fsp3) is 0.444. The number of esters is 2. The molecule has 2 atom stereocenters. The Morgan fingerprint density at radius 2 is 1.79 bits per heavy atom. The van der Waals surface area contributed by atoms with Crippen LogP contribution in [-0.2, 0) is 14.3 Å². The summed E-state index contributed by atoms with van der Waals surface area (Å²) in [6.45, 7) is 7.32. The van der Waals surface area contributed by atoms with Crippen LogP contribution in [0.2, 0.25) is 0 Å². The van der Waals surface area contributed by atoms with E-state index in [1.54, 1.807) is 38.1 Å². The third kappa shape index (κ3) is 7.28. The smallest absolute Gasteiger partial charge is 0.338 e. The Morgan fingerprint density at radius 3 is 2.38 bits per heavy atom. The molecule has 0 aliphatic carbocycles. The molecule has 1 aromatic carbocycles. The van der Waals surface area contributed by atoms with Crippen molar-refractivity contribution in [3.05, 3.63) is 42.5 Å². The molecule has 0 aliphatic heterocycles. The van der Waals surface area contributed by atoms with E-state index in [2.05, 4.69) is 6.58 Å². The van der Waals surface area contributed by atoms with Crippen LogP contribution >= 0.6 is 0 Å². The molecule has 0 aromatic heterocycles. The van der Waals surface area contributed by atoms with Crippen LogP contribution in [0.1, 0.15) is 37.0 Å². The topological polar surface area (TPSA) is 82.1 Å². The highest BCUT2D eigenvalue weighted by Gasteiger charge is 2.15. The van der Waals surface area contributed by atoms with Gasteiger partial charge in [0.05, 0.1) is 24.9 Å². The summed E-state index contributed by atoms with van der Waals surface area (Å²) in [6.07, 6.45) is 1.28. The molecule has 0 saturated carbocycles. The average molecular weight is 336 g/mol. The normalized spacial score (nSPS) is 12.8. The first-order valence-electron chi connectivity index (χ1n) is 7.85. The lowest BCUT2D eigenvalue weighted by atomic mass is 10.2. The quantitative estimate of drug-likeness (QED) is 0.402. The lowest BCUT2D eigenvalue weighted by molar-refractivity contribution is -0.137. The number of rotatable bonds is 10. The zero-order chi connectivity index (χ0) is 17.9. The van der Waals surface area contributed by atoms with E-state index in [0.717, 1.165) is 12.5 Å². The summed E-state index contributed by atoms with van der Waals surface area (Å²) in [6, 6.07) is 6.58. The summed E-state index contributed by atoms with van der Waals surface area (Å²) >= 11 is 0. The van der Waals surface area contributed by atoms with Crippen LogP contribution in [0, 0.1) is 0 Å². The molecule has 0 radical (unpaired) electrons. The van der Waals surface area contributed by atoms with Crippen LogP contribution in [0.3, 0.4) is 0 Å². The lowest BCUT2D eigenvalue weighted by Crippen LogP contribution is -2.25. The zero-order valence-electron chi connectivity index (χ0n) is 14.1. The van der Waals surface area contributed by atoms with Crippen LogP contribution in [-0.4, -0.2) is 42.5 Å². The van der Waals surface area contributed by atoms with Crippen molar-refractivity contribution >= 4 is 11.9 Å². The second kappa shape index (κ2) is 10.4. The van der Waals surface area contributed by atoms with Crippen LogP contribution in [0.25, 0.3) is 0 Å². The van der Waals surface area contributed by atoms with Crippen molar-refractivity contribution < 1.29 is 28.9 Å². The monoisotopic (exact) mass is 336 g/mol.